The van der Waals surface area contributed by atoms with Crippen molar-refractivity contribution < 1.29 is 76.5 Å². The average molecular weight is 857 g/mol. The minimum Gasteiger partial charge on any atom is -2.00 e. The van der Waals surface area contributed by atoms with Crippen molar-refractivity contribution in [3.05, 3.63) is 0 Å². The molecule has 0 atom stereocenters. The fourth-order valence-corrected chi connectivity index (χ4v) is 6.37. The monoisotopic (exact) mass is 852 g/mol. The van der Waals surface area contributed by atoms with Crippen molar-refractivity contribution in [2.75, 3.05) is 26.4 Å². The quantitative estimate of drug-likeness (QED) is 0.0436. The predicted octanol–water partition coefficient (Wildman–Crippen LogP) is 10.7. The van der Waals surface area contributed by atoms with Gasteiger partial charge in [-0.25, -0.2) is 0 Å². The summed E-state index contributed by atoms with van der Waals surface area (Å²) >= 11 is 19.1. The predicted molar refractivity (Wildman–Crippen MR) is 182 cm³/mol. The summed E-state index contributed by atoms with van der Waals surface area (Å²) < 4.78 is 22.2. The molecule has 0 rings (SSSR count). The normalized spacial score (nSPS) is 10.4. The van der Waals surface area contributed by atoms with Crippen LogP contribution in [0.5, 0.6) is 0 Å². The van der Waals surface area contributed by atoms with Gasteiger partial charge < -0.3 is 45.1 Å². The topological polar surface area (TPSA) is 36.9 Å². The van der Waals surface area contributed by atoms with Crippen LogP contribution in [0.3, 0.4) is 0 Å². The molecule has 0 aromatic heterocycles. The minimum absolute atomic E-state index is 0. The molecule has 0 aliphatic rings. The zero-order chi connectivity index (χ0) is 26.0. The number of unbranched alkanes of at least 4 members (excludes halogenated alkanes) is 12. The molecular formula is C24H54O4P2S6Zn3+2. The molecular weight excluding hydrogens is 803 g/mol. The fraction of sp³-hybridized carbons (Fsp3) is 1.00. The number of hydrogen-bond donors (Lipinski definition) is 2. The van der Waals surface area contributed by atoms with Crippen LogP contribution in [0, 0.1) is 0 Å². The molecule has 0 aliphatic carbocycles. The van der Waals surface area contributed by atoms with Crippen molar-refractivity contribution in [2.45, 2.75) is 130 Å². The summed E-state index contributed by atoms with van der Waals surface area (Å²) in [5.74, 6) is 0. The van der Waals surface area contributed by atoms with E-state index >= 15 is 0 Å². The third-order valence-electron chi connectivity index (χ3n) is 5.01. The maximum Gasteiger partial charge on any atom is 2.00 e. The van der Waals surface area contributed by atoms with E-state index in [4.69, 9.17) is 41.7 Å². The van der Waals surface area contributed by atoms with Gasteiger partial charge in [0.15, 0.2) is 0 Å². The summed E-state index contributed by atoms with van der Waals surface area (Å²) in [4.78, 5) is 0. The van der Waals surface area contributed by atoms with Crippen LogP contribution in [0.25, 0.3) is 0 Å². The van der Waals surface area contributed by atoms with Gasteiger partial charge in [-0.15, -0.1) is 0 Å². The van der Waals surface area contributed by atoms with Gasteiger partial charge in [-0.05, 0) is 49.3 Å². The average Bonchev–Trinajstić information content (AvgIpc) is 2.79. The molecule has 0 heterocycles. The largest absolute Gasteiger partial charge is 2.00 e. The Hall–Kier alpha value is 4.41. The summed E-state index contributed by atoms with van der Waals surface area (Å²) in [6, 6.07) is 0. The van der Waals surface area contributed by atoms with E-state index in [2.05, 4.69) is 52.2 Å². The number of hydrogen-bond acceptors (Lipinski definition) is 6. The van der Waals surface area contributed by atoms with Gasteiger partial charge in [0.05, 0.1) is 26.4 Å². The van der Waals surface area contributed by atoms with E-state index < -0.39 is 11.4 Å². The first-order valence-electron chi connectivity index (χ1n) is 13.5. The standard InChI is InChI=1S/2C12H27O2PS2.2S.3Zn/c2*1-3-5-7-9-11-13-15(16,17)14-12-10-8-6-4-2;;;;;/h2*3-12H2,1-2H3,(H,16,17);;;;;/q;;2*-2;3*+2. The molecule has 0 aliphatic heterocycles. The van der Waals surface area contributed by atoms with Crippen LogP contribution in [-0.2, 0) is 127 Å². The second kappa shape index (κ2) is 44.5. The Morgan fingerprint density at radius 1 is 0.410 bits per heavy atom. The van der Waals surface area contributed by atoms with Crippen molar-refractivity contribution in [2.24, 2.45) is 0 Å². The third-order valence-corrected chi connectivity index (χ3v) is 9.70. The maximum absolute atomic E-state index is 5.55. The van der Waals surface area contributed by atoms with E-state index in [0.717, 1.165) is 25.7 Å². The van der Waals surface area contributed by atoms with Crippen LogP contribution in [0.2, 0.25) is 0 Å². The van der Waals surface area contributed by atoms with E-state index in [9.17, 15) is 0 Å². The van der Waals surface area contributed by atoms with Gasteiger partial charge in [0.2, 0.25) is 11.4 Å². The Balaban J connectivity index is -0.0000000931. The second-order valence-electron chi connectivity index (χ2n) is 8.51. The molecule has 0 fully saturated rings. The van der Waals surface area contributed by atoms with E-state index in [0.29, 0.717) is 26.4 Å². The second-order valence-corrected chi connectivity index (χ2v) is 19.1. The molecule has 39 heavy (non-hydrogen) atoms. The summed E-state index contributed by atoms with van der Waals surface area (Å²) in [6.45, 7) is 11.6. The van der Waals surface area contributed by atoms with Crippen molar-refractivity contribution in [3.8, 4) is 0 Å². The van der Waals surface area contributed by atoms with Gasteiger partial charge in [-0.2, -0.15) is 0 Å². The summed E-state index contributed by atoms with van der Waals surface area (Å²) in [7, 11) is 0. The van der Waals surface area contributed by atoms with E-state index in [1.165, 1.54) is 77.0 Å². The maximum atomic E-state index is 5.55. The van der Waals surface area contributed by atoms with Crippen LogP contribution < -0.4 is 0 Å². The molecule has 15 heteroatoms. The van der Waals surface area contributed by atoms with Crippen LogP contribution in [-0.4, -0.2) is 26.4 Å². The molecule has 0 saturated heterocycles. The smallest absolute Gasteiger partial charge is 2.00 e. The number of thiol groups is 2. The van der Waals surface area contributed by atoms with Crippen LogP contribution in [0.1, 0.15) is 130 Å². The van der Waals surface area contributed by atoms with Crippen LogP contribution in [0.4, 0.5) is 0 Å². The first-order chi connectivity index (χ1) is 16.2. The molecule has 0 aromatic rings. The van der Waals surface area contributed by atoms with Crippen molar-refractivity contribution >= 4 is 86.5 Å². The Bertz CT molecular complexity index is 454. The molecule has 0 bridgehead atoms. The van der Waals surface area contributed by atoms with Gasteiger partial charge in [-0.1, -0.05) is 129 Å². The van der Waals surface area contributed by atoms with Crippen molar-refractivity contribution in [3.63, 3.8) is 0 Å². The van der Waals surface area contributed by atoms with E-state index in [1.807, 2.05) is 0 Å². The Morgan fingerprint density at radius 2 is 0.590 bits per heavy atom. The first-order valence-corrected chi connectivity index (χ1v) is 21.1. The molecule has 0 spiro atoms. The Labute approximate surface area is 316 Å². The molecule has 0 N–H and O–H groups in total. The minimum atomic E-state index is -2.26. The van der Waals surface area contributed by atoms with E-state index in [-0.39, 0.29) is 85.4 Å². The fourth-order valence-electron chi connectivity index (χ4n) is 2.91. The molecule has 0 amide bonds. The first kappa shape index (κ1) is 58.9. The van der Waals surface area contributed by atoms with Crippen LogP contribution >= 0.6 is 35.9 Å². The van der Waals surface area contributed by atoms with Gasteiger partial charge in [0.1, 0.15) is 0 Å². The van der Waals surface area contributed by atoms with Gasteiger partial charge in [-0.3, -0.25) is 0 Å². The van der Waals surface area contributed by atoms with Crippen LogP contribution in [0.15, 0.2) is 0 Å². The zero-order valence-electron chi connectivity index (χ0n) is 25.3. The van der Waals surface area contributed by atoms with E-state index in [1.54, 1.807) is 0 Å². The SMILES string of the molecule is CCCCCCOP(=S)(S)OCCCCCC.CCCCCCOP(=S)(S)OCCCCCC.[S-2].[S-2].[Zn+2].[Zn+2].[Zn+2]. The molecule has 0 radical (unpaired) electrons. The summed E-state index contributed by atoms with van der Waals surface area (Å²) in [6.07, 6.45) is 19.1. The third kappa shape index (κ3) is 52.2. The molecule has 0 aromatic carbocycles. The van der Waals surface area contributed by atoms with Gasteiger partial charge >= 0.3 is 58.4 Å². The Kier molecular flexibility index (Phi) is 67.3. The Morgan fingerprint density at radius 3 is 0.744 bits per heavy atom. The zero-order valence-corrected chi connectivity index (χ0v) is 41.1. The molecule has 4 nitrogen and oxygen atoms in total. The summed E-state index contributed by atoms with van der Waals surface area (Å²) in [5, 5.41) is 0. The van der Waals surface area contributed by atoms with Gasteiger partial charge in [0.25, 0.3) is 0 Å². The van der Waals surface area contributed by atoms with Crippen molar-refractivity contribution in [1.82, 2.24) is 0 Å². The molecule has 224 valence electrons. The van der Waals surface area contributed by atoms with Gasteiger partial charge in [0, 0.05) is 0 Å². The number of rotatable bonds is 24. The van der Waals surface area contributed by atoms with Crippen molar-refractivity contribution in [1.29, 1.82) is 0 Å². The molecule has 0 unspecified atom stereocenters. The molecule has 0 saturated carbocycles. The summed E-state index contributed by atoms with van der Waals surface area (Å²) in [5.41, 5.74) is -4.52.